The Balaban J connectivity index is 1.56. The number of benzene rings is 1. The molecule has 3 heteroatoms. The van der Waals surface area contributed by atoms with Crippen LogP contribution in [-0.2, 0) is 0 Å². The summed E-state index contributed by atoms with van der Waals surface area (Å²) in [6, 6.07) is 9.97. The average Bonchev–Trinajstić information content (AvgIpc) is 2.45. The highest BCUT2D eigenvalue weighted by molar-refractivity contribution is 5.20. The molecule has 0 saturated carbocycles. The third-order valence-corrected chi connectivity index (χ3v) is 3.60. The van der Waals surface area contributed by atoms with Crippen LogP contribution in [0.3, 0.4) is 0 Å². The summed E-state index contributed by atoms with van der Waals surface area (Å²) in [5.74, 6) is 1.48. The largest absolute Gasteiger partial charge is 0.494 e. The second-order valence-electron chi connectivity index (χ2n) is 4.98. The van der Waals surface area contributed by atoms with E-state index in [1.807, 2.05) is 30.3 Å². The van der Waals surface area contributed by atoms with Crippen LogP contribution in [0.2, 0.25) is 0 Å². The predicted octanol–water partition coefficient (Wildman–Crippen LogP) is 2.16. The van der Waals surface area contributed by atoms with Crippen molar-refractivity contribution in [2.24, 2.45) is 5.92 Å². The van der Waals surface area contributed by atoms with Gasteiger partial charge in [0.15, 0.2) is 0 Å². The van der Waals surface area contributed by atoms with Gasteiger partial charge in [0.25, 0.3) is 0 Å². The number of aliphatic hydroxyl groups excluding tert-OH is 1. The fourth-order valence-electron chi connectivity index (χ4n) is 2.39. The van der Waals surface area contributed by atoms with Gasteiger partial charge in [0, 0.05) is 13.2 Å². The number of aliphatic hydroxyl groups is 1. The summed E-state index contributed by atoms with van der Waals surface area (Å²) in [6.07, 6.45) is 3.34. The maximum atomic E-state index is 9.08. The van der Waals surface area contributed by atoms with E-state index < -0.39 is 0 Å². The molecule has 0 amide bonds. The predicted molar refractivity (Wildman–Crippen MR) is 72.8 cm³/mol. The molecule has 100 valence electrons. The zero-order valence-electron chi connectivity index (χ0n) is 10.9. The lowest BCUT2D eigenvalue weighted by Gasteiger charge is -2.30. The summed E-state index contributed by atoms with van der Waals surface area (Å²) < 4.78 is 5.67. The van der Waals surface area contributed by atoms with Gasteiger partial charge in [-0.2, -0.15) is 0 Å². The monoisotopic (exact) mass is 249 g/mol. The summed E-state index contributed by atoms with van der Waals surface area (Å²) in [4.78, 5) is 2.47. The minimum atomic E-state index is 0.352. The quantitative estimate of drug-likeness (QED) is 0.784. The molecule has 1 heterocycles. The summed E-state index contributed by atoms with van der Waals surface area (Å²) in [5, 5.41) is 9.08. The fraction of sp³-hybridized carbons (Fsp3) is 0.600. The van der Waals surface area contributed by atoms with Gasteiger partial charge in [0.2, 0.25) is 0 Å². The highest BCUT2D eigenvalue weighted by atomic mass is 16.5. The molecule has 18 heavy (non-hydrogen) atoms. The molecule has 2 rings (SSSR count). The summed E-state index contributed by atoms with van der Waals surface area (Å²) in [6.45, 7) is 4.48. The van der Waals surface area contributed by atoms with Gasteiger partial charge < -0.3 is 14.7 Å². The van der Waals surface area contributed by atoms with E-state index in [1.165, 1.54) is 0 Å². The van der Waals surface area contributed by atoms with Gasteiger partial charge in [0.05, 0.1) is 6.61 Å². The third-order valence-electron chi connectivity index (χ3n) is 3.60. The van der Waals surface area contributed by atoms with Crippen LogP contribution in [0.5, 0.6) is 5.75 Å². The third kappa shape index (κ3) is 4.31. The van der Waals surface area contributed by atoms with Crippen LogP contribution in [0.4, 0.5) is 0 Å². The Kier molecular flexibility index (Phi) is 5.49. The Morgan fingerprint density at radius 2 is 1.89 bits per heavy atom. The van der Waals surface area contributed by atoms with Gasteiger partial charge in [-0.25, -0.2) is 0 Å². The van der Waals surface area contributed by atoms with Gasteiger partial charge in [0.1, 0.15) is 5.75 Å². The molecule has 0 radical (unpaired) electrons. The Morgan fingerprint density at radius 1 is 1.17 bits per heavy atom. The van der Waals surface area contributed by atoms with Gasteiger partial charge in [-0.05, 0) is 50.4 Å². The fourth-order valence-corrected chi connectivity index (χ4v) is 2.39. The lowest BCUT2D eigenvalue weighted by molar-refractivity contribution is 0.126. The van der Waals surface area contributed by atoms with E-state index in [1.54, 1.807) is 0 Å². The molecule has 1 aliphatic rings. The van der Waals surface area contributed by atoms with E-state index in [2.05, 4.69) is 4.90 Å². The van der Waals surface area contributed by atoms with Crippen molar-refractivity contribution in [2.75, 3.05) is 32.8 Å². The number of piperidine rings is 1. The zero-order valence-corrected chi connectivity index (χ0v) is 10.9. The Bertz CT molecular complexity index is 321. The van der Waals surface area contributed by atoms with Gasteiger partial charge in [-0.3, -0.25) is 0 Å². The molecule has 0 aromatic heterocycles. The standard InChI is InChI=1S/C15H23NO2/c17-13-14-7-10-16(11-8-14)9-4-12-18-15-5-2-1-3-6-15/h1-3,5-6,14,17H,4,7-13H2. The van der Waals surface area contributed by atoms with Crippen LogP contribution in [0, 0.1) is 5.92 Å². The number of likely N-dealkylation sites (tertiary alicyclic amines) is 1. The average molecular weight is 249 g/mol. The molecule has 1 fully saturated rings. The molecule has 1 saturated heterocycles. The SMILES string of the molecule is OCC1CCN(CCCOc2ccccc2)CC1. The van der Waals surface area contributed by atoms with Crippen molar-refractivity contribution in [3.05, 3.63) is 30.3 Å². The van der Waals surface area contributed by atoms with E-state index in [4.69, 9.17) is 9.84 Å². The zero-order chi connectivity index (χ0) is 12.6. The van der Waals surface area contributed by atoms with E-state index in [9.17, 15) is 0 Å². The Morgan fingerprint density at radius 3 is 2.56 bits per heavy atom. The van der Waals surface area contributed by atoms with E-state index in [0.29, 0.717) is 12.5 Å². The smallest absolute Gasteiger partial charge is 0.119 e. The van der Waals surface area contributed by atoms with Crippen molar-refractivity contribution < 1.29 is 9.84 Å². The van der Waals surface area contributed by atoms with E-state index in [0.717, 1.165) is 51.3 Å². The van der Waals surface area contributed by atoms with Crippen LogP contribution in [0.1, 0.15) is 19.3 Å². The molecular weight excluding hydrogens is 226 g/mol. The molecule has 3 nitrogen and oxygen atoms in total. The number of nitrogens with zero attached hydrogens (tertiary/aromatic N) is 1. The van der Waals surface area contributed by atoms with Crippen molar-refractivity contribution in [1.82, 2.24) is 4.90 Å². The van der Waals surface area contributed by atoms with Crippen molar-refractivity contribution in [3.63, 3.8) is 0 Å². The van der Waals surface area contributed by atoms with E-state index in [-0.39, 0.29) is 0 Å². The first kappa shape index (κ1) is 13.4. The lowest BCUT2D eigenvalue weighted by Crippen LogP contribution is -2.35. The molecule has 0 bridgehead atoms. The first-order chi connectivity index (χ1) is 8.88. The van der Waals surface area contributed by atoms with E-state index >= 15 is 0 Å². The second kappa shape index (κ2) is 7.39. The topological polar surface area (TPSA) is 32.7 Å². The van der Waals surface area contributed by atoms with Gasteiger partial charge >= 0.3 is 0 Å². The molecule has 0 spiro atoms. The maximum Gasteiger partial charge on any atom is 0.119 e. The van der Waals surface area contributed by atoms with Gasteiger partial charge in [-0.1, -0.05) is 18.2 Å². The van der Waals surface area contributed by atoms with Crippen LogP contribution in [-0.4, -0.2) is 42.9 Å². The summed E-state index contributed by atoms with van der Waals surface area (Å²) in [7, 11) is 0. The Labute approximate surface area is 109 Å². The highest BCUT2D eigenvalue weighted by Crippen LogP contribution is 2.16. The lowest BCUT2D eigenvalue weighted by atomic mass is 9.98. The van der Waals surface area contributed by atoms with Crippen molar-refractivity contribution in [3.8, 4) is 5.75 Å². The molecule has 1 aromatic carbocycles. The minimum absolute atomic E-state index is 0.352. The summed E-state index contributed by atoms with van der Waals surface area (Å²) >= 11 is 0. The number of para-hydroxylation sites is 1. The highest BCUT2D eigenvalue weighted by Gasteiger charge is 2.17. The molecule has 1 N–H and O–H groups in total. The molecule has 1 aromatic rings. The second-order valence-corrected chi connectivity index (χ2v) is 4.98. The summed E-state index contributed by atoms with van der Waals surface area (Å²) in [5.41, 5.74) is 0. The number of hydrogen-bond acceptors (Lipinski definition) is 3. The van der Waals surface area contributed by atoms with Crippen LogP contribution < -0.4 is 4.74 Å². The van der Waals surface area contributed by atoms with Crippen molar-refractivity contribution in [2.45, 2.75) is 19.3 Å². The minimum Gasteiger partial charge on any atom is -0.494 e. The molecular formula is C15H23NO2. The Hall–Kier alpha value is -1.06. The van der Waals surface area contributed by atoms with Crippen LogP contribution in [0.15, 0.2) is 30.3 Å². The number of ether oxygens (including phenoxy) is 1. The first-order valence-electron chi connectivity index (χ1n) is 6.89. The molecule has 0 unspecified atom stereocenters. The van der Waals surface area contributed by atoms with Crippen molar-refractivity contribution >= 4 is 0 Å². The number of rotatable bonds is 6. The van der Waals surface area contributed by atoms with Crippen molar-refractivity contribution in [1.29, 1.82) is 0 Å². The van der Waals surface area contributed by atoms with Crippen LogP contribution in [0.25, 0.3) is 0 Å². The number of hydrogen-bond donors (Lipinski definition) is 1. The maximum absolute atomic E-state index is 9.08. The molecule has 1 aliphatic heterocycles. The molecule has 0 aliphatic carbocycles. The normalized spacial score (nSPS) is 17.8. The van der Waals surface area contributed by atoms with Gasteiger partial charge in [-0.15, -0.1) is 0 Å². The van der Waals surface area contributed by atoms with Crippen LogP contribution >= 0.6 is 0 Å². The first-order valence-corrected chi connectivity index (χ1v) is 6.89. The molecule has 0 atom stereocenters.